The average molecular weight is 406 g/mol. The second kappa shape index (κ2) is 8.75. The summed E-state index contributed by atoms with van der Waals surface area (Å²) in [6.45, 7) is 6.73. The van der Waals surface area contributed by atoms with Gasteiger partial charge in [-0.2, -0.15) is 0 Å². The first-order valence-corrected chi connectivity index (χ1v) is 10.7. The maximum Gasteiger partial charge on any atom is 0.260 e. The number of thioether (sulfide) groups is 1. The number of nitrogens with zero attached hydrogens (tertiary/aromatic N) is 1. The molecule has 0 aliphatic heterocycles. The number of carbonyl (C=O) groups is 1. The molecule has 0 aromatic carbocycles. The molecule has 0 bridgehead atoms. The third kappa shape index (κ3) is 4.81. The van der Waals surface area contributed by atoms with Crippen molar-refractivity contribution in [2.75, 3.05) is 5.75 Å². The monoisotopic (exact) mass is 405 g/mol. The Morgan fingerprint density at radius 3 is 3.00 bits per heavy atom. The molecule has 0 aliphatic rings. The SMILES string of the molecule is CCC(C)Cc1c(C)sc2nc(SCC(=O)NCc3ccco3)[nH]c(=O)c12. The third-order valence-electron chi connectivity index (χ3n) is 4.47. The quantitative estimate of drug-likeness (QED) is 0.439. The van der Waals surface area contributed by atoms with E-state index >= 15 is 0 Å². The number of rotatable bonds is 8. The van der Waals surface area contributed by atoms with Crippen LogP contribution < -0.4 is 10.9 Å². The van der Waals surface area contributed by atoms with Gasteiger partial charge in [0.15, 0.2) is 5.16 Å². The summed E-state index contributed by atoms with van der Waals surface area (Å²) in [5, 5.41) is 3.95. The molecule has 2 N–H and O–H groups in total. The Morgan fingerprint density at radius 2 is 2.30 bits per heavy atom. The van der Waals surface area contributed by atoms with Crippen LogP contribution in [0.25, 0.3) is 10.2 Å². The lowest BCUT2D eigenvalue weighted by atomic mass is 9.98. The maximum absolute atomic E-state index is 12.6. The van der Waals surface area contributed by atoms with Gasteiger partial charge in [-0.25, -0.2) is 4.98 Å². The van der Waals surface area contributed by atoms with E-state index in [-0.39, 0.29) is 17.2 Å². The number of H-pyrrole nitrogens is 1. The summed E-state index contributed by atoms with van der Waals surface area (Å²) in [6.07, 6.45) is 3.52. The number of fused-ring (bicyclic) bond motifs is 1. The Kier molecular flexibility index (Phi) is 6.38. The molecule has 1 amide bonds. The molecular formula is C19H23N3O3S2. The lowest BCUT2D eigenvalue weighted by molar-refractivity contribution is -0.118. The molecule has 6 nitrogen and oxygen atoms in total. The molecule has 0 saturated carbocycles. The lowest BCUT2D eigenvalue weighted by Crippen LogP contribution is -2.24. The Morgan fingerprint density at radius 1 is 1.48 bits per heavy atom. The van der Waals surface area contributed by atoms with Crippen molar-refractivity contribution in [1.82, 2.24) is 15.3 Å². The van der Waals surface area contributed by atoms with Crippen LogP contribution in [0, 0.1) is 12.8 Å². The van der Waals surface area contributed by atoms with Crippen LogP contribution in [-0.4, -0.2) is 21.6 Å². The topological polar surface area (TPSA) is 88.0 Å². The highest BCUT2D eigenvalue weighted by Gasteiger charge is 2.17. The van der Waals surface area contributed by atoms with E-state index in [1.807, 2.05) is 6.92 Å². The molecular weight excluding hydrogens is 382 g/mol. The van der Waals surface area contributed by atoms with E-state index in [9.17, 15) is 9.59 Å². The Hall–Kier alpha value is -2.06. The first-order valence-electron chi connectivity index (χ1n) is 8.92. The first-order chi connectivity index (χ1) is 13.0. The fourth-order valence-electron chi connectivity index (χ4n) is 2.75. The smallest absolute Gasteiger partial charge is 0.260 e. The number of hydrogen-bond acceptors (Lipinski definition) is 6. The zero-order chi connectivity index (χ0) is 19.4. The molecule has 3 rings (SSSR count). The number of hydrogen-bond donors (Lipinski definition) is 2. The summed E-state index contributed by atoms with van der Waals surface area (Å²) in [4.78, 5) is 33.9. The summed E-state index contributed by atoms with van der Waals surface area (Å²) in [7, 11) is 0. The predicted octanol–water partition coefficient (Wildman–Crippen LogP) is 3.88. The van der Waals surface area contributed by atoms with Crippen molar-refractivity contribution in [2.45, 2.75) is 45.3 Å². The summed E-state index contributed by atoms with van der Waals surface area (Å²) < 4.78 is 5.18. The number of nitrogens with one attached hydrogen (secondary N) is 2. The van der Waals surface area contributed by atoms with Crippen molar-refractivity contribution in [3.63, 3.8) is 0 Å². The summed E-state index contributed by atoms with van der Waals surface area (Å²) in [5.74, 6) is 1.26. The lowest BCUT2D eigenvalue weighted by Gasteiger charge is -2.08. The van der Waals surface area contributed by atoms with Gasteiger partial charge in [-0.3, -0.25) is 9.59 Å². The van der Waals surface area contributed by atoms with Crippen LogP contribution in [0.4, 0.5) is 0 Å². The normalized spacial score (nSPS) is 12.4. The van der Waals surface area contributed by atoms with E-state index in [4.69, 9.17) is 4.42 Å². The fraction of sp³-hybridized carbons (Fsp3) is 0.421. The van der Waals surface area contributed by atoms with Crippen molar-refractivity contribution >= 4 is 39.2 Å². The Balaban J connectivity index is 1.69. The van der Waals surface area contributed by atoms with Crippen LogP contribution in [0.3, 0.4) is 0 Å². The van der Waals surface area contributed by atoms with Crippen molar-refractivity contribution < 1.29 is 9.21 Å². The van der Waals surface area contributed by atoms with Gasteiger partial charge in [0.05, 0.1) is 23.9 Å². The first kappa shape index (κ1) is 19.7. The second-order valence-corrected chi connectivity index (χ2v) is 8.72. The predicted molar refractivity (Wildman–Crippen MR) is 109 cm³/mol. The van der Waals surface area contributed by atoms with E-state index < -0.39 is 0 Å². The molecule has 3 heterocycles. The van der Waals surface area contributed by atoms with Gasteiger partial charge < -0.3 is 14.7 Å². The summed E-state index contributed by atoms with van der Waals surface area (Å²) >= 11 is 2.77. The van der Waals surface area contributed by atoms with E-state index in [0.29, 0.717) is 28.8 Å². The van der Waals surface area contributed by atoms with Gasteiger partial charge in [-0.15, -0.1) is 11.3 Å². The molecule has 27 heavy (non-hydrogen) atoms. The highest BCUT2D eigenvalue weighted by molar-refractivity contribution is 7.99. The van der Waals surface area contributed by atoms with Crippen LogP contribution in [0.15, 0.2) is 32.8 Å². The van der Waals surface area contributed by atoms with Crippen molar-refractivity contribution in [3.05, 3.63) is 45.0 Å². The zero-order valence-electron chi connectivity index (χ0n) is 15.6. The minimum absolute atomic E-state index is 0.124. The van der Waals surface area contributed by atoms with Crippen LogP contribution in [0.1, 0.15) is 36.5 Å². The molecule has 0 radical (unpaired) electrons. The van der Waals surface area contributed by atoms with Crippen LogP contribution in [-0.2, 0) is 17.8 Å². The molecule has 144 valence electrons. The van der Waals surface area contributed by atoms with Crippen molar-refractivity contribution in [3.8, 4) is 0 Å². The molecule has 0 saturated heterocycles. The van der Waals surface area contributed by atoms with E-state index in [2.05, 4.69) is 29.1 Å². The highest BCUT2D eigenvalue weighted by atomic mass is 32.2. The van der Waals surface area contributed by atoms with Crippen LogP contribution in [0.2, 0.25) is 0 Å². The van der Waals surface area contributed by atoms with E-state index in [1.54, 1.807) is 29.7 Å². The molecule has 1 atom stereocenters. The number of aromatic nitrogens is 2. The molecule has 8 heteroatoms. The second-order valence-electron chi connectivity index (χ2n) is 6.55. The molecule has 0 spiro atoms. The zero-order valence-corrected chi connectivity index (χ0v) is 17.3. The maximum atomic E-state index is 12.6. The van der Waals surface area contributed by atoms with Gasteiger partial charge in [0, 0.05) is 4.88 Å². The minimum Gasteiger partial charge on any atom is -0.467 e. The highest BCUT2D eigenvalue weighted by Crippen LogP contribution is 2.30. The summed E-state index contributed by atoms with van der Waals surface area (Å²) in [5.41, 5.74) is 0.979. The van der Waals surface area contributed by atoms with E-state index in [0.717, 1.165) is 28.1 Å². The van der Waals surface area contributed by atoms with Gasteiger partial charge in [-0.1, -0.05) is 32.0 Å². The van der Waals surface area contributed by atoms with Gasteiger partial charge in [0.2, 0.25) is 5.91 Å². The standard InChI is InChI=1S/C19H23N3O3S2/c1-4-11(2)8-14-12(3)27-18-16(14)17(24)21-19(22-18)26-10-15(23)20-9-13-6-5-7-25-13/h5-7,11H,4,8-10H2,1-3H3,(H,20,23)(H,21,22,24). The number of aromatic amines is 1. The number of aryl methyl sites for hydroxylation is 1. The largest absolute Gasteiger partial charge is 0.467 e. The Labute approximate surface area is 165 Å². The van der Waals surface area contributed by atoms with Gasteiger partial charge >= 0.3 is 0 Å². The molecule has 1 unspecified atom stereocenters. The van der Waals surface area contributed by atoms with Gasteiger partial charge in [0.1, 0.15) is 10.6 Å². The molecule has 0 aliphatic carbocycles. The van der Waals surface area contributed by atoms with E-state index in [1.165, 1.54) is 11.8 Å². The number of amides is 1. The number of carbonyl (C=O) groups excluding carboxylic acids is 1. The van der Waals surface area contributed by atoms with Crippen LogP contribution >= 0.6 is 23.1 Å². The average Bonchev–Trinajstić information content (AvgIpc) is 3.26. The number of furan rings is 1. The van der Waals surface area contributed by atoms with Gasteiger partial charge in [0.25, 0.3) is 5.56 Å². The van der Waals surface area contributed by atoms with Crippen molar-refractivity contribution in [1.29, 1.82) is 0 Å². The van der Waals surface area contributed by atoms with Gasteiger partial charge in [-0.05, 0) is 37.0 Å². The minimum atomic E-state index is -0.140. The number of thiophene rings is 1. The fourth-order valence-corrected chi connectivity index (χ4v) is 4.55. The third-order valence-corrected chi connectivity index (χ3v) is 6.39. The molecule has 0 fully saturated rings. The van der Waals surface area contributed by atoms with Crippen LogP contribution in [0.5, 0.6) is 0 Å². The Bertz CT molecular complexity index is 976. The summed E-state index contributed by atoms with van der Waals surface area (Å²) in [6, 6.07) is 3.58. The van der Waals surface area contributed by atoms with Crippen molar-refractivity contribution in [2.24, 2.45) is 5.92 Å². The molecule has 3 aromatic heterocycles. The molecule has 3 aromatic rings.